The van der Waals surface area contributed by atoms with Crippen LogP contribution in [0.3, 0.4) is 0 Å². The topological polar surface area (TPSA) is 45.1 Å². The van der Waals surface area contributed by atoms with Crippen LogP contribution in [-0.2, 0) is 4.84 Å². The number of hydrogen-bond donors (Lipinski definition) is 0. The zero-order valence-electron chi connectivity index (χ0n) is 13.7. The molecule has 116 valence electrons. The smallest absolute Gasteiger partial charge is 0.211 e. The van der Waals surface area contributed by atoms with Crippen molar-refractivity contribution in [2.24, 2.45) is 5.16 Å². The Morgan fingerprint density at radius 3 is 2.27 bits per heavy atom. The molecule has 1 aliphatic carbocycles. The number of hydrogen-bond acceptors (Lipinski definition) is 5. The standard InChI is InChI=1S/C17H21N3O2/c1-17(2,3)22-18-13-11-8-6-7-9-12(11)16(21)15-14(13)19(4)10-20(15)5/h6-9H,10H2,1-5H3. The van der Waals surface area contributed by atoms with Gasteiger partial charge in [-0.25, -0.2) is 0 Å². The third kappa shape index (κ3) is 2.26. The Kier molecular flexibility index (Phi) is 3.24. The predicted molar refractivity (Wildman–Crippen MR) is 85.6 cm³/mol. The number of carbonyl (C=O) groups is 1. The molecular weight excluding hydrogens is 278 g/mol. The van der Waals surface area contributed by atoms with Crippen LogP contribution in [0.25, 0.3) is 0 Å². The lowest BCUT2D eigenvalue weighted by atomic mass is 9.90. The predicted octanol–water partition coefficient (Wildman–Crippen LogP) is 2.45. The fourth-order valence-electron chi connectivity index (χ4n) is 2.81. The van der Waals surface area contributed by atoms with E-state index in [-0.39, 0.29) is 11.4 Å². The lowest BCUT2D eigenvalue weighted by Crippen LogP contribution is -2.28. The van der Waals surface area contributed by atoms with E-state index in [4.69, 9.17) is 4.84 Å². The van der Waals surface area contributed by atoms with E-state index < -0.39 is 0 Å². The van der Waals surface area contributed by atoms with Crippen molar-refractivity contribution in [2.45, 2.75) is 26.4 Å². The molecule has 22 heavy (non-hydrogen) atoms. The molecule has 0 saturated heterocycles. The molecule has 1 heterocycles. The summed E-state index contributed by atoms with van der Waals surface area (Å²) in [7, 11) is 3.89. The first-order chi connectivity index (χ1) is 10.3. The van der Waals surface area contributed by atoms with Crippen molar-refractivity contribution < 1.29 is 9.63 Å². The second kappa shape index (κ2) is 4.87. The number of fused-ring (bicyclic) bond motifs is 1. The van der Waals surface area contributed by atoms with Crippen molar-refractivity contribution in [3.63, 3.8) is 0 Å². The lowest BCUT2D eigenvalue weighted by Gasteiger charge is -2.24. The Morgan fingerprint density at radius 1 is 1.05 bits per heavy atom. The lowest BCUT2D eigenvalue weighted by molar-refractivity contribution is 0.000926. The van der Waals surface area contributed by atoms with Gasteiger partial charge < -0.3 is 14.6 Å². The minimum Gasteiger partial charge on any atom is -0.390 e. The van der Waals surface area contributed by atoms with E-state index in [9.17, 15) is 4.79 Å². The van der Waals surface area contributed by atoms with Crippen molar-refractivity contribution in [3.05, 3.63) is 46.8 Å². The molecule has 2 aliphatic rings. The summed E-state index contributed by atoms with van der Waals surface area (Å²) in [6.07, 6.45) is 0. The molecule has 0 fully saturated rings. The summed E-state index contributed by atoms with van der Waals surface area (Å²) >= 11 is 0. The van der Waals surface area contributed by atoms with Crippen LogP contribution in [0.2, 0.25) is 0 Å². The number of carbonyl (C=O) groups excluding carboxylic acids is 1. The number of nitrogens with zero attached hydrogens (tertiary/aromatic N) is 3. The van der Waals surface area contributed by atoms with Gasteiger partial charge in [0.15, 0.2) is 0 Å². The molecule has 0 atom stereocenters. The van der Waals surface area contributed by atoms with Gasteiger partial charge in [0.05, 0.1) is 12.4 Å². The molecule has 0 amide bonds. The first-order valence-electron chi connectivity index (χ1n) is 7.37. The minimum atomic E-state index is -0.382. The van der Waals surface area contributed by atoms with Gasteiger partial charge >= 0.3 is 0 Å². The monoisotopic (exact) mass is 299 g/mol. The van der Waals surface area contributed by atoms with Gasteiger partial charge in [0.1, 0.15) is 17.0 Å². The van der Waals surface area contributed by atoms with E-state index in [0.29, 0.717) is 17.9 Å². The van der Waals surface area contributed by atoms with Crippen LogP contribution >= 0.6 is 0 Å². The van der Waals surface area contributed by atoms with Crippen LogP contribution in [0, 0.1) is 0 Å². The van der Waals surface area contributed by atoms with Crippen molar-refractivity contribution in [1.82, 2.24) is 9.80 Å². The van der Waals surface area contributed by atoms with Crippen molar-refractivity contribution in [2.75, 3.05) is 20.8 Å². The second-order valence-corrected chi connectivity index (χ2v) is 6.75. The van der Waals surface area contributed by atoms with Gasteiger partial charge in [0.25, 0.3) is 0 Å². The van der Waals surface area contributed by atoms with Crippen molar-refractivity contribution in [1.29, 1.82) is 0 Å². The molecule has 0 aromatic heterocycles. The molecule has 3 rings (SSSR count). The van der Waals surface area contributed by atoms with Gasteiger partial charge in [-0.05, 0) is 20.8 Å². The maximum absolute atomic E-state index is 12.8. The van der Waals surface area contributed by atoms with Gasteiger partial charge in [-0.2, -0.15) is 0 Å². The Labute approximate surface area is 130 Å². The second-order valence-electron chi connectivity index (χ2n) is 6.75. The average Bonchev–Trinajstić information content (AvgIpc) is 2.73. The highest BCUT2D eigenvalue weighted by atomic mass is 16.6. The molecule has 0 bridgehead atoms. The van der Waals surface area contributed by atoms with Gasteiger partial charge in [-0.1, -0.05) is 29.4 Å². The quantitative estimate of drug-likeness (QED) is 0.747. The van der Waals surface area contributed by atoms with E-state index in [0.717, 1.165) is 17.0 Å². The normalized spacial score (nSPS) is 19.7. The summed E-state index contributed by atoms with van der Waals surface area (Å²) in [5, 5.41) is 4.40. The van der Waals surface area contributed by atoms with Crippen LogP contribution in [-0.4, -0.2) is 47.7 Å². The molecule has 0 radical (unpaired) electrons. The van der Waals surface area contributed by atoms with Gasteiger partial charge in [0.2, 0.25) is 5.78 Å². The molecule has 5 nitrogen and oxygen atoms in total. The van der Waals surface area contributed by atoms with Crippen LogP contribution in [0.1, 0.15) is 36.7 Å². The Hall–Kier alpha value is -2.30. The molecule has 0 spiro atoms. The highest BCUT2D eigenvalue weighted by Gasteiger charge is 2.39. The van der Waals surface area contributed by atoms with Gasteiger partial charge in [0, 0.05) is 25.2 Å². The summed E-state index contributed by atoms with van der Waals surface area (Å²) < 4.78 is 0. The average molecular weight is 299 g/mol. The maximum Gasteiger partial charge on any atom is 0.211 e. The highest BCUT2D eigenvalue weighted by molar-refractivity contribution is 6.28. The first kappa shape index (κ1) is 14.6. The maximum atomic E-state index is 12.8. The number of rotatable bonds is 1. The number of Topliss-reactive ketones (excluding diaryl/α,β-unsaturated/α-hetero) is 1. The molecule has 5 heteroatoms. The van der Waals surface area contributed by atoms with Gasteiger partial charge in [-0.15, -0.1) is 0 Å². The Morgan fingerprint density at radius 2 is 1.64 bits per heavy atom. The molecule has 1 aromatic rings. The highest BCUT2D eigenvalue weighted by Crippen LogP contribution is 2.34. The zero-order chi connectivity index (χ0) is 16.1. The molecule has 0 saturated carbocycles. The molecule has 0 unspecified atom stereocenters. The van der Waals surface area contributed by atoms with Crippen LogP contribution in [0.15, 0.2) is 40.8 Å². The number of benzene rings is 1. The summed E-state index contributed by atoms with van der Waals surface area (Å²) in [6, 6.07) is 7.57. The zero-order valence-corrected chi connectivity index (χ0v) is 13.7. The summed E-state index contributed by atoms with van der Waals surface area (Å²) in [5.74, 6) is 0.0483. The number of likely N-dealkylation sites (N-methyl/N-ethyl adjacent to an activating group) is 2. The molecule has 1 aromatic carbocycles. The fourth-order valence-corrected chi connectivity index (χ4v) is 2.81. The van der Waals surface area contributed by atoms with Crippen LogP contribution in [0.4, 0.5) is 0 Å². The van der Waals surface area contributed by atoms with E-state index >= 15 is 0 Å². The van der Waals surface area contributed by atoms with E-state index in [1.165, 1.54) is 0 Å². The number of ketones is 1. The van der Waals surface area contributed by atoms with E-state index in [1.54, 1.807) is 0 Å². The molecule has 1 aliphatic heterocycles. The molecular formula is C17H21N3O2. The molecule has 0 N–H and O–H groups in total. The number of allylic oxidation sites excluding steroid dienone is 2. The minimum absolute atomic E-state index is 0.0483. The summed E-state index contributed by atoms with van der Waals surface area (Å²) in [4.78, 5) is 22.4. The Bertz CT molecular complexity index is 698. The Balaban J connectivity index is 2.19. The summed E-state index contributed by atoms with van der Waals surface area (Å²) in [5.41, 5.74) is 3.39. The first-order valence-corrected chi connectivity index (χ1v) is 7.37. The van der Waals surface area contributed by atoms with Crippen molar-refractivity contribution >= 4 is 11.5 Å². The van der Waals surface area contributed by atoms with E-state index in [2.05, 4.69) is 5.16 Å². The van der Waals surface area contributed by atoms with E-state index in [1.807, 2.05) is 68.9 Å². The van der Waals surface area contributed by atoms with Gasteiger partial charge in [-0.3, -0.25) is 4.79 Å². The van der Waals surface area contributed by atoms with Crippen LogP contribution in [0.5, 0.6) is 0 Å². The third-order valence-corrected chi connectivity index (χ3v) is 3.69. The third-order valence-electron chi connectivity index (χ3n) is 3.69. The van der Waals surface area contributed by atoms with Crippen LogP contribution < -0.4 is 0 Å². The largest absolute Gasteiger partial charge is 0.390 e. The SMILES string of the molecule is CN1CN(C)C2=C1C(=O)c1ccccc1C2=NOC(C)(C)C. The van der Waals surface area contributed by atoms with Crippen molar-refractivity contribution in [3.8, 4) is 0 Å². The summed E-state index contributed by atoms with van der Waals surface area (Å²) in [6.45, 7) is 6.53. The fraction of sp³-hybridized carbons (Fsp3) is 0.412. The number of oxime groups is 1.